The van der Waals surface area contributed by atoms with Gasteiger partial charge in [0, 0.05) is 0 Å². The van der Waals surface area contributed by atoms with Crippen molar-refractivity contribution in [3.8, 4) is 12.3 Å². The van der Waals surface area contributed by atoms with Crippen LogP contribution in [0.2, 0.25) is 0 Å². The van der Waals surface area contributed by atoms with Gasteiger partial charge in [-0.25, -0.2) is 14.8 Å². The fraction of sp³-hybridized carbons (Fsp3) is 0.300. The Hall–Kier alpha value is -2.09. The zero-order valence-corrected chi connectivity index (χ0v) is 8.48. The van der Waals surface area contributed by atoms with Gasteiger partial charge < -0.3 is 10.4 Å². The minimum Gasteiger partial charge on any atom is -0.476 e. The molecular weight excluding hydrogens is 194 g/mol. The molecule has 0 saturated heterocycles. The fourth-order valence-corrected chi connectivity index (χ4v) is 0.859. The summed E-state index contributed by atoms with van der Waals surface area (Å²) in [7, 11) is 0. The van der Waals surface area contributed by atoms with E-state index >= 15 is 0 Å². The van der Waals surface area contributed by atoms with Crippen molar-refractivity contribution in [1.82, 2.24) is 9.97 Å². The zero-order valence-electron chi connectivity index (χ0n) is 8.48. The molecule has 0 amide bonds. The topological polar surface area (TPSA) is 75.1 Å². The molecule has 0 atom stereocenters. The summed E-state index contributed by atoms with van der Waals surface area (Å²) in [6, 6.07) is 0. The second-order valence-corrected chi connectivity index (χ2v) is 3.49. The molecule has 78 valence electrons. The highest BCUT2D eigenvalue weighted by molar-refractivity contribution is 5.84. The molecule has 5 nitrogen and oxygen atoms in total. The van der Waals surface area contributed by atoms with Crippen LogP contribution in [-0.4, -0.2) is 26.6 Å². The number of terminal acetylenes is 1. The number of hydrogen-bond acceptors (Lipinski definition) is 4. The van der Waals surface area contributed by atoms with Crippen molar-refractivity contribution >= 4 is 11.8 Å². The van der Waals surface area contributed by atoms with Crippen LogP contribution in [0.3, 0.4) is 0 Å². The number of hydrogen-bond donors (Lipinski definition) is 2. The van der Waals surface area contributed by atoms with Crippen molar-refractivity contribution in [1.29, 1.82) is 0 Å². The van der Waals surface area contributed by atoms with Gasteiger partial charge in [0.15, 0.2) is 5.69 Å². The van der Waals surface area contributed by atoms with Gasteiger partial charge >= 0.3 is 5.97 Å². The van der Waals surface area contributed by atoms with Gasteiger partial charge in [-0.05, 0) is 13.8 Å². The van der Waals surface area contributed by atoms with E-state index in [1.54, 1.807) is 13.8 Å². The summed E-state index contributed by atoms with van der Waals surface area (Å²) >= 11 is 0. The third-order valence-corrected chi connectivity index (χ3v) is 1.67. The molecule has 1 heterocycles. The van der Waals surface area contributed by atoms with Gasteiger partial charge in [0.2, 0.25) is 0 Å². The van der Waals surface area contributed by atoms with E-state index in [-0.39, 0.29) is 5.69 Å². The van der Waals surface area contributed by atoms with Crippen molar-refractivity contribution in [3.63, 3.8) is 0 Å². The molecule has 2 N–H and O–H groups in total. The van der Waals surface area contributed by atoms with E-state index in [1.165, 1.54) is 12.4 Å². The number of carboxylic acid groups (broad SMARTS) is 1. The van der Waals surface area contributed by atoms with Crippen LogP contribution in [0, 0.1) is 12.3 Å². The first-order valence-electron chi connectivity index (χ1n) is 4.26. The predicted octanol–water partition coefficient (Wildman–Crippen LogP) is 0.998. The third-order valence-electron chi connectivity index (χ3n) is 1.67. The number of nitrogens with one attached hydrogen (secondary N) is 1. The van der Waals surface area contributed by atoms with E-state index < -0.39 is 11.5 Å². The van der Waals surface area contributed by atoms with Crippen LogP contribution in [0.25, 0.3) is 0 Å². The van der Waals surface area contributed by atoms with E-state index in [4.69, 9.17) is 11.5 Å². The summed E-state index contributed by atoms with van der Waals surface area (Å²) in [5.74, 6) is 1.87. The molecule has 0 radical (unpaired) electrons. The van der Waals surface area contributed by atoms with Crippen molar-refractivity contribution in [2.24, 2.45) is 0 Å². The van der Waals surface area contributed by atoms with Crippen molar-refractivity contribution in [2.45, 2.75) is 19.4 Å². The summed E-state index contributed by atoms with van der Waals surface area (Å²) in [5, 5.41) is 11.5. The molecule has 1 aromatic heterocycles. The van der Waals surface area contributed by atoms with E-state index in [0.717, 1.165) is 0 Å². The maximum atomic E-state index is 10.5. The van der Waals surface area contributed by atoms with Crippen LogP contribution >= 0.6 is 0 Å². The molecule has 5 heteroatoms. The number of aromatic nitrogens is 2. The largest absolute Gasteiger partial charge is 0.476 e. The minimum atomic E-state index is -1.11. The third kappa shape index (κ3) is 2.95. The Bertz CT molecular complexity index is 404. The highest BCUT2D eigenvalue weighted by atomic mass is 16.4. The Balaban J connectivity index is 2.83. The first-order valence-corrected chi connectivity index (χ1v) is 4.26. The lowest BCUT2D eigenvalue weighted by Gasteiger charge is -2.19. The Morgan fingerprint density at radius 3 is 2.60 bits per heavy atom. The minimum absolute atomic E-state index is 0.0981. The molecule has 0 unspecified atom stereocenters. The van der Waals surface area contributed by atoms with Gasteiger partial charge in [0.1, 0.15) is 5.82 Å². The van der Waals surface area contributed by atoms with Gasteiger partial charge in [0.25, 0.3) is 0 Å². The molecule has 0 aromatic carbocycles. The summed E-state index contributed by atoms with van der Waals surface area (Å²) < 4.78 is 0. The number of rotatable bonds is 3. The summed E-state index contributed by atoms with van der Waals surface area (Å²) in [6.07, 6.45) is 7.79. The molecule has 0 bridgehead atoms. The monoisotopic (exact) mass is 205 g/mol. The molecular formula is C10H11N3O2. The van der Waals surface area contributed by atoms with Crippen LogP contribution in [0.5, 0.6) is 0 Å². The highest BCUT2D eigenvalue weighted by Crippen LogP contribution is 2.10. The van der Waals surface area contributed by atoms with Crippen LogP contribution in [0.15, 0.2) is 12.4 Å². The molecule has 0 aliphatic carbocycles. The van der Waals surface area contributed by atoms with Crippen molar-refractivity contribution in [2.75, 3.05) is 5.32 Å². The number of anilines is 1. The molecule has 0 aliphatic heterocycles. The summed E-state index contributed by atoms with van der Waals surface area (Å²) in [5.41, 5.74) is -0.640. The average molecular weight is 205 g/mol. The Morgan fingerprint density at radius 1 is 1.53 bits per heavy atom. The fourth-order valence-electron chi connectivity index (χ4n) is 0.859. The number of carboxylic acids is 1. The standard InChI is InChI=1S/C10H11N3O2/c1-4-10(2,3)13-8-6-11-7(5-12-8)9(14)15/h1,5-6H,2-3H3,(H,12,13)(H,14,15). The Labute approximate surface area is 87.6 Å². The maximum absolute atomic E-state index is 10.5. The maximum Gasteiger partial charge on any atom is 0.356 e. The van der Waals surface area contributed by atoms with Gasteiger partial charge in [-0.3, -0.25) is 0 Å². The van der Waals surface area contributed by atoms with Crippen molar-refractivity contribution in [3.05, 3.63) is 18.1 Å². The van der Waals surface area contributed by atoms with Crippen LogP contribution in [0.1, 0.15) is 24.3 Å². The second kappa shape index (κ2) is 3.96. The lowest BCUT2D eigenvalue weighted by atomic mass is 10.1. The van der Waals surface area contributed by atoms with Crippen LogP contribution < -0.4 is 5.32 Å². The molecule has 0 fully saturated rings. The predicted molar refractivity (Wildman–Crippen MR) is 55.5 cm³/mol. The van der Waals surface area contributed by atoms with Gasteiger partial charge in [-0.2, -0.15) is 0 Å². The molecule has 0 saturated carbocycles. The van der Waals surface area contributed by atoms with E-state index in [9.17, 15) is 4.79 Å². The molecule has 15 heavy (non-hydrogen) atoms. The lowest BCUT2D eigenvalue weighted by molar-refractivity contribution is 0.0690. The van der Waals surface area contributed by atoms with Crippen LogP contribution in [-0.2, 0) is 0 Å². The van der Waals surface area contributed by atoms with Gasteiger partial charge in [-0.1, -0.05) is 5.92 Å². The SMILES string of the molecule is C#CC(C)(C)Nc1cnc(C(=O)O)cn1. The Kier molecular flexibility index (Phi) is 2.90. The molecule has 1 rings (SSSR count). The first-order chi connectivity index (χ1) is 6.94. The molecule has 0 spiro atoms. The molecule has 1 aromatic rings. The number of nitrogens with zero attached hydrogens (tertiary/aromatic N) is 2. The van der Waals surface area contributed by atoms with Crippen LogP contribution in [0.4, 0.5) is 5.82 Å². The normalized spacial score (nSPS) is 10.5. The summed E-state index contributed by atoms with van der Waals surface area (Å²) in [6.45, 7) is 3.61. The lowest BCUT2D eigenvalue weighted by Crippen LogP contribution is -2.29. The second-order valence-electron chi connectivity index (χ2n) is 3.49. The zero-order chi connectivity index (χ0) is 11.5. The quantitative estimate of drug-likeness (QED) is 0.720. The van der Waals surface area contributed by atoms with Gasteiger partial charge in [0.05, 0.1) is 17.9 Å². The van der Waals surface area contributed by atoms with E-state index in [0.29, 0.717) is 5.82 Å². The van der Waals surface area contributed by atoms with Crippen molar-refractivity contribution < 1.29 is 9.90 Å². The first kappa shape index (κ1) is 11.0. The van der Waals surface area contributed by atoms with Gasteiger partial charge in [-0.15, -0.1) is 6.42 Å². The molecule has 0 aliphatic rings. The Morgan fingerprint density at radius 2 is 2.20 bits per heavy atom. The smallest absolute Gasteiger partial charge is 0.356 e. The van der Waals surface area contributed by atoms with E-state index in [1.807, 2.05) is 0 Å². The average Bonchev–Trinajstić information content (AvgIpc) is 2.18. The van der Waals surface area contributed by atoms with E-state index in [2.05, 4.69) is 21.2 Å². The highest BCUT2D eigenvalue weighted by Gasteiger charge is 2.14. The number of carbonyl (C=O) groups is 1. The number of aromatic carboxylic acids is 1. The summed E-state index contributed by atoms with van der Waals surface area (Å²) in [4.78, 5) is 18.1.